The molecule has 0 aromatic heterocycles. The van der Waals surface area contributed by atoms with Gasteiger partial charge in [-0.15, -0.1) is 0 Å². The van der Waals surface area contributed by atoms with Gasteiger partial charge in [-0.25, -0.2) is 9.38 Å². The Labute approximate surface area is 166 Å². The number of rotatable bonds is 7. The van der Waals surface area contributed by atoms with Crippen molar-refractivity contribution in [3.63, 3.8) is 0 Å². The fourth-order valence-corrected chi connectivity index (χ4v) is 3.16. The van der Waals surface area contributed by atoms with Crippen molar-refractivity contribution in [2.45, 2.75) is 19.9 Å². The van der Waals surface area contributed by atoms with Gasteiger partial charge in [0.25, 0.3) is 0 Å². The maximum Gasteiger partial charge on any atom is 0.191 e. The van der Waals surface area contributed by atoms with Crippen LogP contribution in [0.1, 0.15) is 18.1 Å². The molecular formula is C22H29FN4O. The number of hydrogen-bond acceptors (Lipinski definition) is 3. The predicted octanol–water partition coefficient (Wildman–Crippen LogP) is 2.96. The molecule has 0 spiro atoms. The highest BCUT2D eigenvalue weighted by Crippen LogP contribution is 2.17. The predicted molar refractivity (Wildman–Crippen MR) is 112 cm³/mol. The molecule has 28 heavy (non-hydrogen) atoms. The lowest BCUT2D eigenvalue weighted by atomic mass is 10.1. The molecule has 0 aliphatic carbocycles. The van der Waals surface area contributed by atoms with Crippen LogP contribution >= 0.6 is 0 Å². The summed E-state index contributed by atoms with van der Waals surface area (Å²) < 4.78 is 18.7. The van der Waals surface area contributed by atoms with Crippen LogP contribution in [-0.2, 0) is 17.7 Å². The van der Waals surface area contributed by atoms with Gasteiger partial charge in [0.2, 0.25) is 0 Å². The Bertz CT molecular complexity index is 757. The van der Waals surface area contributed by atoms with E-state index in [1.54, 1.807) is 12.1 Å². The van der Waals surface area contributed by atoms with Crippen molar-refractivity contribution in [1.82, 2.24) is 10.6 Å². The summed E-state index contributed by atoms with van der Waals surface area (Å²) in [4.78, 5) is 7.00. The standard InChI is InChI=1S/C22H29FN4O/c1-2-24-22(25-11-10-18-4-3-5-20(23)16-18)26-17-19-6-8-21(9-7-19)27-12-14-28-15-13-27/h3-9,16H,2,10-15,17H2,1H3,(H2,24,25,26). The molecule has 2 aromatic carbocycles. The second-order valence-corrected chi connectivity index (χ2v) is 6.77. The summed E-state index contributed by atoms with van der Waals surface area (Å²) in [6.07, 6.45) is 0.746. The Morgan fingerprint density at radius 1 is 1.07 bits per heavy atom. The molecule has 5 nitrogen and oxygen atoms in total. The Balaban J connectivity index is 1.51. The molecule has 1 saturated heterocycles. The van der Waals surface area contributed by atoms with Gasteiger partial charge in [-0.2, -0.15) is 0 Å². The number of halogens is 1. The zero-order valence-corrected chi connectivity index (χ0v) is 16.5. The zero-order valence-electron chi connectivity index (χ0n) is 16.5. The zero-order chi connectivity index (χ0) is 19.6. The Morgan fingerprint density at radius 2 is 1.86 bits per heavy atom. The van der Waals surface area contributed by atoms with E-state index in [9.17, 15) is 4.39 Å². The van der Waals surface area contributed by atoms with Crippen molar-refractivity contribution in [1.29, 1.82) is 0 Å². The van der Waals surface area contributed by atoms with E-state index in [0.29, 0.717) is 13.1 Å². The summed E-state index contributed by atoms with van der Waals surface area (Å²) in [7, 11) is 0. The van der Waals surface area contributed by atoms with Crippen LogP contribution < -0.4 is 15.5 Å². The minimum Gasteiger partial charge on any atom is -0.378 e. The molecule has 2 aromatic rings. The fraction of sp³-hybridized carbons (Fsp3) is 0.409. The third kappa shape index (κ3) is 6.23. The van der Waals surface area contributed by atoms with Gasteiger partial charge in [-0.1, -0.05) is 24.3 Å². The van der Waals surface area contributed by atoms with Crippen LogP contribution in [0.25, 0.3) is 0 Å². The van der Waals surface area contributed by atoms with Crippen molar-refractivity contribution in [2.24, 2.45) is 4.99 Å². The summed E-state index contributed by atoms with van der Waals surface area (Å²) in [5.41, 5.74) is 3.37. The molecule has 2 N–H and O–H groups in total. The molecule has 0 radical (unpaired) electrons. The van der Waals surface area contributed by atoms with Crippen LogP contribution in [0.5, 0.6) is 0 Å². The van der Waals surface area contributed by atoms with Crippen LogP contribution in [0, 0.1) is 5.82 Å². The number of anilines is 1. The lowest BCUT2D eigenvalue weighted by Gasteiger charge is -2.28. The van der Waals surface area contributed by atoms with Crippen molar-refractivity contribution in [3.8, 4) is 0 Å². The Morgan fingerprint density at radius 3 is 2.57 bits per heavy atom. The SMILES string of the molecule is CCNC(=NCc1ccc(N2CCOCC2)cc1)NCCc1cccc(F)c1. The normalized spacial score (nSPS) is 14.8. The first-order chi connectivity index (χ1) is 13.7. The molecule has 150 valence electrons. The highest BCUT2D eigenvalue weighted by Gasteiger charge is 2.10. The monoisotopic (exact) mass is 384 g/mol. The summed E-state index contributed by atoms with van der Waals surface area (Å²) in [5, 5.41) is 6.57. The van der Waals surface area contributed by atoms with Gasteiger partial charge < -0.3 is 20.3 Å². The van der Waals surface area contributed by atoms with Gasteiger partial charge in [0, 0.05) is 31.9 Å². The number of morpholine rings is 1. The van der Waals surface area contributed by atoms with E-state index in [2.05, 4.69) is 44.8 Å². The summed E-state index contributed by atoms with van der Waals surface area (Å²) in [5.74, 6) is 0.578. The molecule has 1 heterocycles. The van der Waals surface area contributed by atoms with Crippen LogP contribution in [0.3, 0.4) is 0 Å². The number of aliphatic imine (C=N–C) groups is 1. The van der Waals surface area contributed by atoms with Gasteiger partial charge in [-0.3, -0.25) is 0 Å². The molecule has 0 bridgehead atoms. The largest absolute Gasteiger partial charge is 0.378 e. The molecule has 1 aliphatic rings. The van der Waals surface area contributed by atoms with E-state index >= 15 is 0 Å². The van der Waals surface area contributed by atoms with E-state index in [4.69, 9.17) is 4.74 Å². The maximum atomic E-state index is 13.3. The first-order valence-corrected chi connectivity index (χ1v) is 9.93. The van der Waals surface area contributed by atoms with E-state index in [1.807, 2.05) is 13.0 Å². The molecule has 0 unspecified atom stereocenters. The number of ether oxygens (including phenoxy) is 1. The molecule has 1 aliphatic heterocycles. The number of benzene rings is 2. The van der Waals surface area contributed by atoms with Crippen molar-refractivity contribution >= 4 is 11.6 Å². The van der Waals surface area contributed by atoms with Crippen LogP contribution in [0.2, 0.25) is 0 Å². The number of guanidine groups is 1. The van der Waals surface area contributed by atoms with Gasteiger partial charge in [0.15, 0.2) is 5.96 Å². The van der Waals surface area contributed by atoms with E-state index < -0.39 is 0 Å². The van der Waals surface area contributed by atoms with Crippen molar-refractivity contribution in [3.05, 3.63) is 65.5 Å². The second kappa shape index (κ2) is 10.7. The topological polar surface area (TPSA) is 48.9 Å². The second-order valence-electron chi connectivity index (χ2n) is 6.77. The molecule has 0 atom stereocenters. The van der Waals surface area contributed by atoms with E-state index in [0.717, 1.165) is 50.8 Å². The van der Waals surface area contributed by atoms with Gasteiger partial charge >= 0.3 is 0 Å². The minimum absolute atomic E-state index is 0.196. The Hall–Kier alpha value is -2.60. The lowest BCUT2D eigenvalue weighted by Crippen LogP contribution is -2.38. The summed E-state index contributed by atoms with van der Waals surface area (Å²) in [6.45, 7) is 7.61. The molecule has 6 heteroatoms. The highest BCUT2D eigenvalue weighted by molar-refractivity contribution is 5.79. The fourth-order valence-electron chi connectivity index (χ4n) is 3.16. The van der Waals surface area contributed by atoms with E-state index in [1.165, 1.54) is 17.3 Å². The summed E-state index contributed by atoms with van der Waals surface area (Å²) >= 11 is 0. The molecule has 0 amide bonds. The van der Waals surface area contributed by atoms with Gasteiger partial charge in [0.05, 0.1) is 19.8 Å². The lowest BCUT2D eigenvalue weighted by molar-refractivity contribution is 0.122. The quantitative estimate of drug-likeness (QED) is 0.569. The average Bonchev–Trinajstić information content (AvgIpc) is 2.73. The third-order valence-electron chi connectivity index (χ3n) is 4.67. The van der Waals surface area contributed by atoms with E-state index in [-0.39, 0.29) is 5.82 Å². The van der Waals surface area contributed by atoms with Crippen LogP contribution in [0.4, 0.5) is 10.1 Å². The first-order valence-electron chi connectivity index (χ1n) is 9.93. The molecule has 0 saturated carbocycles. The number of hydrogen-bond donors (Lipinski definition) is 2. The molecule has 3 rings (SSSR count). The molecule has 1 fully saturated rings. The minimum atomic E-state index is -0.196. The van der Waals surface area contributed by atoms with Crippen LogP contribution in [-0.4, -0.2) is 45.4 Å². The van der Waals surface area contributed by atoms with Gasteiger partial charge in [-0.05, 0) is 48.7 Å². The van der Waals surface area contributed by atoms with Crippen molar-refractivity contribution in [2.75, 3.05) is 44.3 Å². The van der Waals surface area contributed by atoms with Crippen molar-refractivity contribution < 1.29 is 9.13 Å². The van der Waals surface area contributed by atoms with Crippen LogP contribution in [0.15, 0.2) is 53.5 Å². The highest BCUT2D eigenvalue weighted by atomic mass is 19.1. The third-order valence-corrected chi connectivity index (χ3v) is 4.67. The maximum absolute atomic E-state index is 13.3. The average molecular weight is 384 g/mol. The first kappa shape index (κ1) is 20.1. The number of nitrogens with one attached hydrogen (secondary N) is 2. The smallest absolute Gasteiger partial charge is 0.191 e. The van der Waals surface area contributed by atoms with Gasteiger partial charge in [0.1, 0.15) is 5.82 Å². The Kier molecular flexibility index (Phi) is 7.67. The summed E-state index contributed by atoms with van der Waals surface area (Å²) in [6, 6.07) is 15.3. The molecular weight excluding hydrogens is 355 g/mol. The number of nitrogens with zero attached hydrogens (tertiary/aromatic N) is 2.